The fraction of sp³-hybridized carbons (Fsp3) is 0.174. The van der Waals surface area contributed by atoms with Gasteiger partial charge in [0, 0.05) is 21.1 Å². The maximum Gasteiger partial charge on any atom is 0.416 e. The lowest BCUT2D eigenvalue weighted by atomic mass is 10.1. The Hall–Kier alpha value is -3.31. The molecule has 0 aliphatic rings. The molecular formula is C23H18BrClF3N3O4. The molecule has 3 aromatic rings. The average Bonchev–Trinajstić information content (AvgIpc) is 2.80. The van der Waals surface area contributed by atoms with E-state index in [1.165, 1.54) is 6.21 Å². The Morgan fingerprint density at radius 2 is 1.80 bits per heavy atom. The first-order valence-corrected chi connectivity index (χ1v) is 11.2. The van der Waals surface area contributed by atoms with Crippen LogP contribution in [0.5, 0.6) is 11.5 Å². The summed E-state index contributed by atoms with van der Waals surface area (Å²) in [5, 5.41) is 15.8. The molecule has 7 nitrogen and oxygen atoms in total. The van der Waals surface area contributed by atoms with E-state index in [2.05, 4.69) is 26.5 Å². The van der Waals surface area contributed by atoms with Crippen molar-refractivity contribution in [3.63, 3.8) is 0 Å². The number of nitrogens with one attached hydrogen (secondary N) is 1. The van der Waals surface area contributed by atoms with Crippen molar-refractivity contribution in [3.8, 4) is 11.5 Å². The minimum atomic E-state index is -4.70. The van der Waals surface area contributed by atoms with Crippen molar-refractivity contribution in [1.29, 1.82) is 0 Å². The van der Waals surface area contributed by atoms with Crippen LogP contribution in [0.3, 0.4) is 0 Å². The molecule has 0 amide bonds. The number of hydrazone groups is 1. The van der Waals surface area contributed by atoms with Crippen LogP contribution in [-0.4, -0.2) is 17.7 Å². The first kappa shape index (κ1) is 26.3. The summed E-state index contributed by atoms with van der Waals surface area (Å²) < 4.78 is 50.7. The third-order valence-electron chi connectivity index (χ3n) is 4.58. The van der Waals surface area contributed by atoms with Gasteiger partial charge in [0.15, 0.2) is 11.5 Å². The highest BCUT2D eigenvalue weighted by Gasteiger charge is 2.33. The molecule has 0 heterocycles. The average molecular weight is 573 g/mol. The quantitative estimate of drug-likeness (QED) is 0.163. The predicted octanol–water partition coefficient (Wildman–Crippen LogP) is 7.45. The van der Waals surface area contributed by atoms with Gasteiger partial charge in [-0.2, -0.15) is 18.3 Å². The number of halogens is 5. The lowest BCUT2D eigenvalue weighted by Crippen LogP contribution is -2.06. The van der Waals surface area contributed by atoms with Crippen LogP contribution in [0, 0.1) is 10.1 Å². The molecule has 1 N–H and O–H groups in total. The van der Waals surface area contributed by atoms with E-state index in [0.29, 0.717) is 39.2 Å². The van der Waals surface area contributed by atoms with E-state index in [1.807, 2.05) is 19.1 Å². The van der Waals surface area contributed by atoms with Gasteiger partial charge < -0.3 is 9.47 Å². The van der Waals surface area contributed by atoms with Gasteiger partial charge in [0.2, 0.25) is 0 Å². The Labute approximate surface area is 211 Å². The molecule has 0 spiro atoms. The number of nitro benzene ring substituents is 1. The summed E-state index contributed by atoms with van der Waals surface area (Å²) in [6.45, 7) is 2.45. The highest BCUT2D eigenvalue weighted by atomic mass is 79.9. The Balaban J connectivity index is 1.80. The van der Waals surface area contributed by atoms with E-state index < -0.39 is 22.4 Å². The van der Waals surface area contributed by atoms with Crippen LogP contribution < -0.4 is 14.9 Å². The Bertz CT molecular complexity index is 1240. The zero-order chi connectivity index (χ0) is 25.6. The number of ether oxygens (including phenoxy) is 2. The van der Waals surface area contributed by atoms with Crippen molar-refractivity contribution in [2.24, 2.45) is 5.10 Å². The highest BCUT2D eigenvalue weighted by Crippen LogP contribution is 2.36. The van der Waals surface area contributed by atoms with E-state index in [9.17, 15) is 23.3 Å². The standard InChI is InChI=1S/C23H18BrClF3N3O4/c1-2-34-21-9-15(18(24)11-22(21)35-13-14-3-6-17(25)7-4-14)12-29-30-19-8-5-16(23(26,27)28)10-20(19)31(32)33/h3-12,30H,2,13H2,1H3/b29-12-. The lowest BCUT2D eigenvalue weighted by molar-refractivity contribution is -0.384. The third-order valence-corrected chi connectivity index (χ3v) is 5.52. The molecule has 184 valence electrons. The molecule has 0 unspecified atom stereocenters. The van der Waals surface area contributed by atoms with Gasteiger partial charge in [0.1, 0.15) is 12.3 Å². The summed E-state index contributed by atoms with van der Waals surface area (Å²) in [4.78, 5) is 10.3. The minimum Gasteiger partial charge on any atom is -0.490 e. The number of alkyl halides is 3. The summed E-state index contributed by atoms with van der Waals surface area (Å²) in [5.41, 5.74) is 1.79. The number of nitrogens with zero attached hydrogens (tertiary/aromatic N) is 2. The zero-order valence-corrected chi connectivity index (χ0v) is 20.4. The predicted molar refractivity (Wildman–Crippen MR) is 130 cm³/mol. The first-order valence-electron chi connectivity index (χ1n) is 10.1. The van der Waals surface area contributed by atoms with Crippen molar-refractivity contribution in [1.82, 2.24) is 0 Å². The van der Waals surface area contributed by atoms with Crippen LogP contribution in [0.2, 0.25) is 5.02 Å². The number of nitro groups is 1. The number of hydrogen-bond acceptors (Lipinski definition) is 6. The van der Waals surface area contributed by atoms with E-state index in [4.69, 9.17) is 21.1 Å². The molecular weight excluding hydrogens is 555 g/mol. The molecule has 0 bridgehead atoms. The van der Waals surface area contributed by atoms with Crippen LogP contribution in [0.1, 0.15) is 23.6 Å². The van der Waals surface area contributed by atoms with Gasteiger partial charge in [-0.15, -0.1) is 0 Å². The van der Waals surface area contributed by atoms with Crippen LogP contribution in [0.4, 0.5) is 24.5 Å². The molecule has 0 aliphatic carbocycles. The summed E-state index contributed by atoms with van der Waals surface area (Å²) in [6, 6.07) is 12.7. The molecule has 3 rings (SSSR count). The van der Waals surface area contributed by atoms with E-state index >= 15 is 0 Å². The summed E-state index contributed by atoms with van der Waals surface area (Å²) >= 11 is 9.32. The van der Waals surface area contributed by atoms with Gasteiger partial charge in [0.05, 0.1) is 23.3 Å². The largest absolute Gasteiger partial charge is 0.490 e. The first-order chi connectivity index (χ1) is 16.6. The zero-order valence-electron chi connectivity index (χ0n) is 18.1. The maximum atomic E-state index is 12.9. The monoisotopic (exact) mass is 571 g/mol. The smallest absolute Gasteiger partial charge is 0.416 e. The van der Waals surface area contributed by atoms with E-state index in [1.54, 1.807) is 24.3 Å². The molecule has 12 heteroatoms. The molecule has 3 aromatic carbocycles. The normalized spacial score (nSPS) is 11.5. The van der Waals surface area contributed by atoms with Gasteiger partial charge >= 0.3 is 6.18 Å². The molecule has 0 fully saturated rings. The Morgan fingerprint density at radius 3 is 2.43 bits per heavy atom. The highest BCUT2D eigenvalue weighted by molar-refractivity contribution is 9.10. The van der Waals surface area contributed by atoms with Crippen molar-refractivity contribution < 1.29 is 27.6 Å². The van der Waals surface area contributed by atoms with Crippen molar-refractivity contribution in [3.05, 3.63) is 90.9 Å². The van der Waals surface area contributed by atoms with Gasteiger partial charge in [0.25, 0.3) is 5.69 Å². The van der Waals surface area contributed by atoms with Gasteiger partial charge in [-0.05, 0) is 64.8 Å². The van der Waals surface area contributed by atoms with Crippen molar-refractivity contribution >= 4 is 45.1 Å². The number of benzene rings is 3. The second kappa shape index (κ2) is 11.4. The van der Waals surface area contributed by atoms with Crippen LogP contribution in [0.25, 0.3) is 0 Å². The van der Waals surface area contributed by atoms with Crippen molar-refractivity contribution in [2.75, 3.05) is 12.0 Å². The van der Waals surface area contributed by atoms with Gasteiger partial charge in [-0.1, -0.05) is 23.7 Å². The molecule has 0 saturated heterocycles. The second-order valence-corrected chi connectivity index (χ2v) is 8.32. The Morgan fingerprint density at radius 1 is 1.11 bits per heavy atom. The summed E-state index contributed by atoms with van der Waals surface area (Å²) in [7, 11) is 0. The SMILES string of the molecule is CCOc1cc(/C=N\Nc2ccc(C(F)(F)F)cc2[N+](=O)[O-])c(Br)cc1OCc1ccc(Cl)cc1. The van der Waals surface area contributed by atoms with Crippen LogP contribution in [-0.2, 0) is 12.8 Å². The maximum absolute atomic E-state index is 12.9. The number of rotatable bonds is 9. The fourth-order valence-corrected chi connectivity index (χ4v) is 3.45. The topological polar surface area (TPSA) is 86.0 Å². The second-order valence-electron chi connectivity index (χ2n) is 7.03. The summed E-state index contributed by atoms with van der Waals surface area (Å²) in [5.74, 6) is 0.906. The molecule has 35 heavy (non-hydrogen) atoms. The number of anilines is 1. The molecule has 0 atom stereocenters. The molecule has 0 aromatic heterocycles. The van der Waals surface area contributed by atoms with Crippen LogP contribution in [0.15, 0.2) is 64.2 Å². The van der Waals surface area contributed by atoms with Crippen molar-refractivity contribution in [2.45, 2.75) is 19.7 Å². The molecule has 0 radical (unpaired) electrons. The molecule has 0 aliphatic heterocycles. The van der Waals surface area contributed by atoms with Gasteiger partial charge in [-0.3, -0.25) is 15.5 Å². The number of hydrogen-bond donors (Lipinski definition) is 1. The van der Waals surface area contributed by atoms with Crippen LogP contribution >= 0.6 is 27.5 Å². The van der Waals surface area contributed by atoms with Gasteiger partial charge in [-0.25, -0.2) is 0 Å². The lowest BCUT2D eigenvalue weighted by Gasteiger charge is -2.14. The Kier molecular flexibility index (Phi) is 8.57. The molecule has 0 saturated carbocycles. The van der Waals surface area contributed by atoms with E-state index in [0.717, 1.165) is 17.7 Å². The third kappa shape index (κ3) is 7.09. The summed E-state index contributed by atoms with van der Waals surface area (Å²) in [6.07, 6.45) is -3.36. The fourth-order valence-electron chi connectivity index (χ4n) is 2.90. The minimum absolute atomic E-state index is 0.191. The van der Waals surface area contributed by atoms with E-state index in [-0.39, 0.29) is 12.3 Å².